The molecule has 132 valence electrons. The molecule has 0 aliphatic heterocycles. The lowest BCUT2D eigenvalue weighted by atomic mass is 10.0. The molecular weight excluding hydrogens is 349 g/mol. The van der Waals surface area contributed by atoms with Crippen molar-refractivity contribution in [2.45, 2.75) is 6.18 Å². The highest BCUT2D eigenvalue weighted by atomic mass is 19.4. The fraction of sp³-hybridized carbons (Fsp3) is 0.0556. The minimum absolute atomic E-state index is 0.0321. The van der Waals surface area contributed by atoms with Crippen LogP contribution >= 0.6 is 0 Å². The number of alkyl halides is 3. The molecule has 0 radical (unpaired) electrons. The molecule has 2 N–H and O–H groups in total. The van der Waals surface area contributed by atoms with Crippen molar-refractivity contribution < 1.29 is 27.9 Å². The van der Waals surface area contributed by atoms with Gasteiger partial charge in [0.05, 0.1) is 16.8 Å². The maximum atomic E-state index is 12.3. The summed E-state index contributed by atoms with van der Waals surface area (Å²) in [7, 11) is 0. The Morgan fingerprint density at radius 2 is 1.65 bits per heavy atom. The monoisotopic (exact) mass is 360 g/mol. The van der Waals surface area contributed by atoms with E-state index in [0.29, 0.717) is 22.2 Å². The van der Waals surface area contributed by atoms with Gasteiger partial charge in [-0.05, 0) is 24.3 Å². The molecule has 0 aliphatic rings. The number of benzene rings is 2. The highest BCUT2D eigenvalue weighted by molar-refractivity contribution is 6.03. The Bertz CT molecular complexity index is 999. The van der Waals surface area contributed by atoms with E-state index >= 15 is 0 Å². The zero-order valence-electron chi connectivity index (χ0n) is 13.0. The number of carboxylic acids is 1. The van der Waals surface area contributed by atoms with Crippen molar-refractivity contribution in [1.82, 2.24) is 4.98 Å². The molecule has 0 atom stereocenters. The predicted octanol–water partition coefficient (Wildman–Crippen LogP) is 4.10. The Morgan fingerprint density at radius 3 is 2.27 bits per heavy atom. The smallest absolute Gasteiger partial charge is 0.471 e. The molecular formula is C18H11F3N2O3. The van der Waals surface area contributed by atoms with Gasteiger partial charge in [0, 0.05) is 16.6 Å². The van der Waals surface area contributed by atoms with Gasteiger partial charge in [0.25, 0.3) is 0 Å². The number of nitrogens with one attached hydrogen (secondary N) is 1. The minimum Gasteiger partial charge on any atom is -0.478 e. The molecule has 0 saturated heterocycles. The second-order valence-electron chi connectivity index (χ2n) is 5.41. The summed E-state index contributed by atoms with van der Waals surface area (Å²) in [6.45, 7) is 0. The van der Waals surface area contributed by atoms with E-state index in [1.165, 1.54) is 30.3 Å². The Kier molecular flexibility index (Phi) is 4.33. The van der Waals surface area contributed by atoms with Crippen molar-refractivity contribution in [3.8, 4) is 11.3 Å². The number of anilines is 1. The molecule has 2 aromatic carbocycles. The standard InChI is InChI=1S/C18H11F3N2O3/c19-18(20,21)17(26)22-11-7-5-10(6-8-11)15-9-13(16(24)25)12-3-1-2-4-14(12)23-15/h1-9H,(H,22,26)(H,24,25). The van der Waals surface area contributed by atoms with Gasteiger partial charge < -0.3 is 10.4 Å². The van der Waals surface area contributed by atoms with Crippen LogP contribution in [0.1, 0.15) is 10.4 Å². The van der Waals surface area contributed by atoms with Gasteiger partial charge in [-0.25, -0.2) is 9.78 Å². The highest BCUT2D eigenvalue weighted by Crippen LogP contribution is 2.26. The molecule has 1 heterocycles. The van der Waals surface area contributed by atoms with Gasteiger partial charge in [-0.3, -0.25) is 4.79 Å². The first kappa shape index (κ1) is 17.4. The van der Waals surface area contributed by atoms with Crippen LogP contribution < -0.4 is 5.32 Å². The Labute approximate surface area is 145 Å². The van der Waals surface area contributed by atoms with Gasteiger partial charge in [0.15, 0.2) is 0 Å². The number of aromatic carboxylic acids is 1. The zero-order valence-corrected chi connectivity index (χ0v) is 13.0. The summed E-state index contributed by atoms with van der Waals surface area (Å²) in [6, 6.07) is 13.6. The third kappa shape index (κ3) is 3.49. The van der Waals surface area contributed by atoms with E-state index in [9.17, 15) is 27.9 Å². The number of carbonyl (C=O) groups excluding carboxylic acids is 1. The van der Waals surface area contributed by atoms with Crippen molar-refractivity contribution in [1.29, 1.82) is 0 Å². The number of aromatic nitrogens is 1. The second kappa shape index (κ2) is 6.47. The molecule has 26 heavy (non-hydrogen) atoms. The summed E-state index contributed by atoms with van der Waals surface area (Å²) in [5.74, 6) is -3.18. The number of carboxylic acid groups (broad SMARTS) is 1. The summed E-state index contributed by atoms with van der Waals surface area (Å²) in [4.78, 5) is 26.8. The van der Waals surface area contributed by atoms with Gasteiger partial charge in [-0.1, -0.05) is 30.3 Å². The number of hydrogen-bond acceptors (Lipinski definition) is 3. The van der Waals surface area contributed by atoms with Crippen LogP contribution in [0.2, 0.25) is 0 Å². The molecule has 5 nitrogen and oxygen atoms in total. The Balaban J connectivity index is 1.97. The third-order valence-electron chi connectivity index (χ3n) is 3.64. The van der Waals surface area contributed by atoms with Crippen molar-refractivity contribution >= 4 is 28.5 Å². The van der Waals surface area contributed by atoms with Crippen molar-refractivity contribution in [2.24, 2.45) is 0 Å². The van der Waals surface area contributed by atoms with E-state index < -0.39 is 18.1 Å². The number of nitrogens with zero attached hydrogens (tertiary/aromatic N) is 1. The zero-order chi connectivity index (χ0) is 18.9. The van der Waals surface area contributed by atoms with E-state index in [2.05, 4.69) is 4.98 Å². The largest absolute Gasteiger partial charge is 0.478 e. The average Bonchev–Trinajstić information content (AvgIpc) is 2.60. The number of pyridine rings is 1. The molecule has 8 heteroatoms. The molecule has 0 fully saturated rings. The van der Waals surface area contributed by atoms with Crippen LogP contribution in [0.4, 0.5) is 18.9 Å². The molecule has 0 unspecified atom stereocenters. The number of fused-ring (bicyclic) bond motifs is 1. The van der Waals surface area contributed by atoms with Crippen LogP contribution in [0, 0.1) is 0 Å². The van der Waals surface area contributed by atoms with Crippen molar-refractivity contribution in [3.63, 3.8) is 0 Å². The summed E-state index contributed by atoms with van der Waals surface area (Å²) in [5.41, 5.74) is 1.38. The molecule has 0 bridgehead atoms. The second-order valence-corrected chi connectivity index (χ2v) is 5.41. The molecule has 1 amide bonds. The van der Waals surface area contributed by atoms with E-state index in [1.807, 2.05) is 0 Å². The number of para-hydroxylation sites is 1. The van der Waals surface area contributed by atoms with Gasteiger partial charge >= 0.3 is 18.1 Å². The summed E-state index contributed by atoms with van der Waals surface area (Å²) in [5, 5.41) is 11.6. The molecule has 1 aromatic heterocycles. The molecule has 0 spiro atoms. The maximum absolute atomic E-state index is 12.3. The average molecular weight is 360 g/mol. The van der Waals surface area contributed by atoms with Gasteiger partial charge in [-0.15, -0.1) is 0 Å². The van der Waals surface area contributed by atoms with Crippen LogP contribution in [0.25, 0.3) is 22.2 Å². The number of halogens is 3. The quantitative estimate of drug-likeness (QED) is 0.737. The minimum atomic E-state index is -4.98. The van der Waals surface area contributed by atoms with E-state index in [-0.39, 0.29) is 11.3 Å². The van der Waals surface area contributed by atoms with Crippen LogP contribution in [0.5, 0.6) is 0 Å². The first-order valence-corrected chi connectivity index (χ1v) is 7.37. The number of hydrogen-bond donors (Lipinski definition) is 2. The van der Waals surface area contributed by atoms with Crippen LogP contribution in [0.3, 0.4) is 0 Å². The molecule has 3 rings (SSSR count). The van der Waals surface area contributed by atoms with Crippen molar-refractivity contribution in [2.75, 3.05) is 5.32 Å². The normalized spacial score (nSPS) is 11.3. The summed E-state index contributed by atoms with van der Waals surface area (Å²) >= 11 is 0. The summed E-state index contributed by atoms with van der Waals surface area (Å²) in [6.07, 6.45) is -4.98. The first-order chi connectivity index (χ1) is 12.3. The Hall–Kier alpha value is -3.42. The lowest BCUT2D eigenvalue weighted by molar-refractivity contribution is -0.167. The predicted molar refractivity (Wildman–Crippen MR) is 88.8 cm³/mol. The van der Waals surface area contributed by atoms with Gasteiger partial charge in [0.2, 0.25) is 0 Å². The third-order valence-corrected chi connectivity index (χ3v) is 3.64. The lowest BCUT2D eigenvalue weighted by Crippen LogP contribution is -2.29. The molecule has 3 aromatic rings. The van der Waals surface area contributed by atoms with Crippen LogP contribution in [-0.4, -0.2) is 28.1 Å². The SMILES string of the molecule is O=C(O)c1cc(-c2ccc(NC(=O)C(F)(F)F)cc2)nc2ccccc12. The fourth-order valence-corrected chi connectivity index (χ4v) is 2.43. The van der Waals surface area contributed by atoms with Crippen molar-refractivity contribution in [3.05, 3.63) is 60.2 Å². The Morgan fingerprint density at radius 1 is 1.00 bits per heavy atom. The summed E-state index contributed by atoms with van der Waals surface area (Å²) < 4.78 is 36.8. The van der Waals surface area contributed by atoms with E-state index in [4.69, 9.17) is 0 Å². The van der Waals surface area contributed by atoms with E-state index in [0.717, 1.165) is 0 Å². The molecule has 0 saturated carbocycles. The lowest BCUT2D eigenvalue weighted by Gasteiger charge is -2.10. The van der Waals surface area contributed by atoms with Crippen LogP contribution in [0.15, 0.2) is 54.6 Å². The topological polar surface area (TPSA) is 79.3 Å². The maximum Gasteiger partial charge on any atom is 0.471 e. The number of amides is 1. The van der Waals surface area contributed by atoms with E-state index in [1.54, 1.807) is 29.6 Å². The van der Waals surface area contributed by atoms with Gasteiger partial charge in [-0.2, -0.15) is 13.2 Å². The first-order valence-electron chi connectivity index (χ1n) is 7.37. The number of carbonyl (C=O) groups is 2. The molecule has 0 aliphatic carbocycles. The van der Waals surface area contributed by atoms with Crippen LogP contribution in [-0.2, 0) is 4.79 Å². The highest BCUT2D eigenvalue weighted by Gasteiger charge is 2.38. The number of rotatable bonds is 3. The van der Waals surface area contributed by atoms with Gasteiger partial charge in [0.1, 0.15) is 0 Å². The fourth-order valence-electron chi connectivity index (χ4n) is 2.43.